The van der Waals surface area contributed by atoms with E-state index in [0.29, 0.717) is 13.0 Å². The van der Waals surface area contributed by atoms with Gasteiger partial charge in [-0.05, 0) is 26.3 Å². The lowest BCUT2D eigenvalue weighted by Gasteiger charge is -2.29. The summed E-state index contributed by atoms with van der Waals surface area (Å²) >= 11 is 0. The Kier molecular flexibility index (Phi) is 2.73. The van der Waals surface area contributed by atoms with Crippen LogP contribution in [-0.4, -0.2) is 31.1 Å². The molecule has 14 heavy (non-hydrogen) atoms. The highest BCUT2D eigenvalue weighted by molar-refractivity contribution is 4.92. The van der Waals surface area contributed by atoms with Crippen LogP contribution in [0.1, 0.15) is 26.2 Å². The summed E-state index contributed by atoms with van der Waals surface area (Å²) in [7, 11) is 0. The van der Waals surface area contributed by atoms with Crippen molar-refractivity contribution < 1.29 is 9.47 Å². The van der Waals surface area contributed by atoms with Gasteiger partial charge in [0.25, 0.3) is 0 Å². The van der Waals surface area contributed by atoms with Gasteiger partial charge in [-0.1, -0.05) is 0 Å². The third-order valence-corrected chi connectivity index (χ3v) is 2.97. The molecule has 0 aromatic rings. The molecular weight excluding hydrogens is 180 g/mol. The van der Waals surface area contributed by atoms with Crippen molar-refractivity contribution in [2.45, 2.75) is 44.1 Å². The topological polar surface area (TPSA) is 54.3 Å². The third kappa shape index (κ3) is 1.76. The highest BCUT2D eigenvalue weighted by Crippen LogP contribution is 2.31. The fourth-order valence-corrected chi connectivity index (χ4v) is 2.17. The Labute approximate surface area is 84.2 Å². The van der Waals surface area contributed by atoms with E-state index >= 15 is 0 Å². The minimum Gasteiger partial charge on any atom is -0.346 e. The molecule has 1 N–H and O–H groups in total. The second-order valence-corrected chi connectivity index (χ2v) is 4.08. The summed E-state index contributed by atoms with van der Waals surface area (Å²) in [6, 6.07) is 2.40. The van der Waals surface area contributed by atoms with Crippen LogP contribution in [0.5, 0.6) is 0 Å². The van der Waals surface area contributed by atoms with Gasteiger partial charge >= 0.3 is 0 Å². The van der Waals surface area contributed by atoms with Gasteiger partial charge in [-0.3, -0.25) is 0 Å². The van der Waals surface area contributed by atoms with Crippen molar-refractivity contribution in [3.63, 3.8) is 0 Å². The minimum absolute atomic E-state index is 0.0487. The molecule has 0 bridgehead atoms. The van der Waals surface area contributed by atoms with Gasteiger partial charge in [0.05, 0.1) is 31.2 Å². The summed E-state index contributed by atoms with van der Waals surface area (Å²) in [5.41, 5.74) is 0. The molecular formula is C10H16N2O2. The summed E-state index contributed by atoms with van der Waals surface area (Å²) in [5.74, 6) is -0.516. The predicted octanol–water partition coefficient (Wildman–Crippen LogP) is 0.784. The highest BCUT2D eigenvalue weighted by atomic mass is 16.7. The van der Waals surface area contributed by atoms with E-state index in [4.69, 9.17) is 14.7 Å². The first-order valence-electron chi connectivity index (χ1n) is 5.17. The van der Waals surface area contributed by atoms with E-state index in [1.54, 1.807) is 0 Å². The number of nitriles is 1. The Balaban J connectivity index is 1.94. The molecule has 3 unspecified atom stereocenters. The summed E-state index contributed by atoms with van der Waals surface area (Å²) in [6.45, 7) is 3.55. The molecule has 2 fully saturated rings. The molecule has 2 aliphatic heterocycles. The summed E-state index contributed by atoms with van der Waals surface area (Å²) in [4.78, 5) is 0. The number of hydrogen-bond acceptors (Lipinski definition) is 4. The van der Waals surface area contributed by atoms with Crippen LogP contribution >= 0.6 is 0 Å². The monoisotopic (exact) mass is 196 g/mol. The second-order valence-electron chi connectivity index (χ2n) is 4.08. The van der Waals surface area contributed by atoms with Gasteiger partial charge < -0.3 is 14.8 Å². The average molecular weight is 196 g/mol. The normalized spacial score (nSPS) is 42.6. The standard InChI is InChI=1S/C10H16N2O2/c1-10(9-3-2-6-12-9)13-7-8(14-10)4-5-11/h8-9,12H,2-4,6-7H2,1H3. The highest BCUT2D eigenvalue weighted by Gasteiger charge is 2.44. The maximum atomic E-state index is 8.56. The quantitative estimate of drug-likeness (QED) is 0.709. The van der Waals surface area contributed by atoms with E-state index in [1.165, 1.54) is 6.42 Å². The Morgan fingerprint density at radius 3 is 3.14 bits per heavy atom. The predicted molar refractivity (Wildman–Crippen MR) is 50.5 cm³/mol. The maximum Gasteiger partial charge on any atom is 0.181 e. The molecule has 0 saturated carbocycles. The minimum atomic E-state index is -0.516. The Morgan fingerprint density at radius 1 is 1.64 bits per heavy atom. The van der Waals surface area contributed by atoms with E-state index in [0.717, 1.165) is 13.0 Å². The SMILES string of the molecule is CC1(C2CCCN2)OCC(CC#N)O1. The molecule has 0 aliphatic carbocycles. The largest absolute Gasteiger partial charge is 0.346 e. The van der Waals surface area contributed by atoms with Crippen molar-refractivity contribution in [1.29, 1.82) is 5.26 Å². The molecule has 0 aromatic heterocycles. The second kappa shape index (κ2) is 3.85. The van der Waals surface area contributed by atoms with Gasteiger partial charge in [0.1, 0.15) is 0 Å². The van der Waals surface area contributed by atoms with E-state index in [-0.39, 0.29) is 12.1 Å². The molecule has 78 valence electrons. The van der Waals surface area contributed by atoms with Crippen LogP contribution in [0.4, 0.5) is 0 Å². The molecule has 4 nitrogen and oxygen atoms in total. The van der Waals surface area contributed by atoms with Crippen LogP contribution in [-0.2, 0) is 9.47 Å². The fraction of sp³-hybridized carbons (Fsp3) is 0.900. The fourth-order valence-electron chi connectivity index (χ4n) is 2.17. The van der Waals surface area contributed by atoms with Crippen LogP contribution in [0, 0.1) is 11.3 Å². The van der Waals surface area contributed by atoms with Crippen molar-refractivity contribution in [1.82, 2.24) is 5.32 Å². The van der Waals surface area contributed by atoms with Gasteiger partial charge in [0, 0.05) is 0 Å². The van der Waals surface area contributed by atoms with E-state index in [2.05, 4.69) is 11.4 Å². The number of nitrogens with zero attached hydrogens (tertiary/aromatic N) is 1. The molecule has 2 aliphatic rings. The Hall–Kier alpha value is -0.630. The van der Waals surface area contributed by atoms with Crippen molar-refractivity contribution in [3.05, 3.63) is 0 Å². The first-order valence-corrected chi connectivity index (χ1v) is 5.17. The smallest absolute Gasteiger partial charge is 0.181 e. The van der Waals surface area contributed by atoms with E-state index < -0.39 is 5.79 Å². The number of hydrogen-bond donors (Lipinski definition) is 1. The van der Waals surface area contributed by atoms with Gasteiger partial charge in [-0.2, -0.15) is 5.26 Å². The van der Waals surface area contributed by atoms with Crippen molar-refractivity contribution in [3.8, 4) is 6.07 Å². The van der Waals surface area contributed by atoms with Crippen LogP contribution in [0.15, 0.2) is 0 Å². The van der Waals surface area contributed by atoms with Gasteiger partial charge in [-0.15, -0.1) is 0 Å². The number of rotatable bonds is 2. The lowest BCUT2D eigenvalue weighted by Crippen LogP contribution is -2.46. The molecule has 4 heteroatoms. The number of ether oxygens (including phenoxy) is 2. The molecule has 0 amide bonds. The van der Waals surface area contributed by atoms with Crippen molar-refractivity contribution in [2.24, 2.45) is 0 Å². The first-order chi connectivity index (χ1) is 6.74. The molecule has 2 heterocycles. The number of nitrogens with one attached hydrogen (secondary N) is 1. The average Bonchev–Trinajstić information content (AvgIpc) is 2.75. The van der Waals surface area contributed by atoms with Crippen LogP contribution in [0.3, 0.4) is 0 Å². The molecule has 0 radical (unpaired) electrons. The van der Waals surface area contributed by atoms with Gasteiger partial charge in [0.15, 0.2) is 5.79 Å². The zero-order chi connectivity index (χ0) is 10.0. The van der Waals surface area contributed by atoms with E-state index in [1.807, 2.05) is 6.92 Å². The summed E-state index contributed by atoms with van der Waals surface area (Å²) < 4.78 is 11.4. The third-order valence-electron chi connectivity index (χ3n) is 2.97. The first kappa shape index (κ1) is 9.91. The Morgan fingerprint density at radius 2 is 2.50 bits per heavy atom. The summed E-state index contributed by atoms with van der Waals surface area (Å²) in [5, 5.41) is 11.9. The maximum absolute atomic E-state index is 8.56. The molecule has 3 atom stereocenters. The zero-order valence-corrected chi connectivity index (χ0v) is 8.45. The van der Waals surface area contributed by atoms with E-state index in [9.17, 15) is 0 Å². The van der Waals surface area contributed by atoms with Crippen LogP contribution in [0.2, 0.25) is 0 Å². The van der Waals surface area contributed by atoms with Crippen LogP contribution < -0.4 is 5.32 Å². The zero-order valence-electron chi connectivity index (χ0n) is 8.45. The van der Waals surface area contributed by atoms with Crippen LogP contribution in [0.25, 0.3) is 0 Å². The summed E-state index contributed by atoms with van der Waals surface area (Å²) in [6.07, 6.45) is 2.64. The molecule has 0 spiro atoms. The lowest BCUT2D eigenvalue weighted by molar-refractivity contribution is -0.171. The Bertz CT molecular complexity index is 245. The molecule has 0 aromatic carbocycles. The van der Waals surface area contributed by atoms with Gasteiger partial charge in [-0.25, -0.2) is 0 Å². The molecule has 2 saturated heterocycles. The van der Waals surface area contributed by atoms with Crippen molar-refractivity contribution in [2.75, 3.05) is 13.2 Å². The molecule has 2 rings (SSSR count). The van der Waals surface area contributed by atoms with Crippen molar-refractivity contribution >= 4 is 0 Å². The lowest BCUT2D eigenvalue weighted by atomic mass is 10.1. The van der Waals surface area contributed by atoms with Gasteiger partial charge in [0.2, 0.25) is 0 Å².